The zero-order chi connectivity index (χ0) is 7.98. The Hall–Kier alpha value is 0.960. The van der Waals surface area contributed by atoms with E-state index in [0.717, 1.165) is 26.6 Å². The average molecular weight is 277 g/mol. The SMILES string of the molecule is CO.OC1CCN(SI)C1. The second kappa shape index (κ2) is 6.66. The minimum Gasteiger partial charge on any atom is -0.400 e. The van der Waals surface area contributed by atoms with Crippen LogP contribution in [-0.2, 0) is 0 Å². The molecule has 0 bridgehead atoms. The highest BCUT2D eigenvalue weighted by atomic mass is 127. The Labute approximate surface area is 77.5 Å². The fourth-order valence-electron chi connectivity index (χ4n) is 0.773. The Kier molecular flexibility index (Phi) is 7.30. The number of hydrogen-bond acceptors (Lipinski definition) is 4. The van der Waals surface area contributed by atoms with Gasteiger partial charge in [-0.05, 0) is 15.5 Å². The maximum Gasteiger partial charge on any atom is 0.0689 e. The van der Waals surface area contributed by atoms with Crippen LogP contribution in [0.2, 0.25) is 0 Å². The number of β-amino-alcohol motifs (C(OH)–C–C–N with tert-alkyl or cyclic N) is 1. The molecule has 1 aliphatic rings. The van der Waals surface area contributed by atoms with E-state index in [2.05, 4.69) is 25.5 Å². The number of halogens is 1. The molecule has 1 heterocycles. The summed E-state index contributed by atoms with van der Waals surface area (Å²) in [5.41, 5.74) is 0. The molecule has 0 aromatic heterocycles. The first kappa shape index (κ1) is 11.0. The third-order valence-corrected chi connectivity index (χ3v) is 3.42. The molecule has 1 saturated heterocycles. The number of nitrogens with zero attached hydrogens (tertiary/aromatic N) is 1. The highest BCUT2D eigenvalue weighted by Gasteiger charge is 2.18. The number of rotatable bonds is 1. The number of hydrogen-bond donors (Lipinski definition) is 2. The van der Waals surface area contributed by atoms with Crippen molar-refractivity contribution in [2.45, 2.75) is 12.5 Å². The smallest absolute Gasteiger partial charge is 0.0689 e. The van der Waals surface area contributed by atoms with Crippen molar-refractivity contribution in [3.05, 3.63) is 0 Å². The van der Waals surface area contributed by atoms with Gasteiger partial charge >= 0.3 is 0 Å². The molecule has 1 atom stereocenters. The quantitative estimate of drug-likeness (QED) is 0.546. The van der Waals surface area contributed by atoms with Gasteiger partial charge in [0.1, 0.15) is 0 Å². The van der Waals surface area contributed by atoms with Crippen molar-refractivity contribution in [1.82, 2.24) is 4.31 Å². The van der Waals surface area contributed by atoms with Crippen LogP contribution in [0, 0.1) is 0 Å². The van der Waals surface area contributed by atoms with Gasteiger partial charge in [-0.1, -0.05) is 0 Å². The van der Waals surface area contributed by atoms with Crippen molar-refractivity contribution in [2.75, 3.05) is 20.2 Å². The molecule has 62 valence electrons. The molecule has 5 heteroatoms. The lowest BCUT2D eigenvalue weighted by Gasteiger charge is -2.06. The van der Waals surface area contributed by atoms with Gasteiger partial charge in [0, 0.05) is 41.4 Å². The van der Waals surface area contributed by atoms with Crippen molar-refractivity contribution in [1.29, 1.82) is 0 Å². The molecule has 0 spiro atoms. The van der Waals surface area contributed by atoms with Crippen LogP contribution < -0.4 is 0 Å². The predicted molar refractivity (Wildman–Crippen MR) is 52.0 cm³/mol. The van der Waals surface area contributed by atoms with Crippen molar-refractivity contribution in [3.63, 3.8) is 0 Å². The monoisotopic (exact) mass is 277 g/mol. The fraction of sp³-hybridized carbons (Fsp3) is 1.00. The predicted octanol–water partition coefficient (Wildman–Crippen LogP) is 0.660. The molecule has 3 nitrogen and oxygen atoms in total. The molecular formula is C5H12INO2S. The Morgan fingerprint density at radius 3 is 2.40 bits per heavy atom. The minimum atomic E-state index is -0.0720. The van der Waals surface area contributed by atoms with Crippen LogP contribution in [0.3, 0.4) is 0 Å². The third kappa shape index (κ3) is 3.97. The van der Waals surface area contributed by atoms with E-state index in [0.29, 0.717) is 0 Å². The van der Waals surface area contributed by atoms with E-state index in [9.17, 15) is 0 Å². The molecule has 1 fully saturated rings. The van der Waals surface area contributed by atoms with E-state index in [1.807, 2.05) is 0 Å². The van der Waals surface area contributed by atoms with Crippen molar-refractivity contribution in [2.24, 2.45) is 0 Å². The van der Waals surface area contributed by atoms with E-state index in [4.69, 9.17) is 10.2 Å². The highest BCUT2D eigenvalue weighted by molar-refractivity contribution is 14.2. The first-order chi connectivity index (χ1) is 4.83. The summed E-state index contributed by atoms with van der Waals surface area (Å²) >= 11 is 2.23. The topological polar surface area (TPSA) is 43.7 Å². The standard InChI is InChI=1S/C4H8INOS.CH4O/c5-8-6-2-1-4(7)3-6;1-2/h4,7H,1-3H2;2H,1H3. The largest absolute Gasteiger partial charge is 0.400 e. The van der Waals surface area contributed by atoms with Gasteiger partial charge in [-0.25, -0.2) is 4.31 Å². The Balaban J connectivity index is 0.000000371. The molecule has 0 amide bonds. The summed E-state index contributed by atoms with van der Waals surface area (Å²) < 4.78 is 2.16. The molecular weight excluding hydrogens is 265 g/mol. The molecule has 0 aromatic rings. The zero-order valence-corrected chi connectivity index (χ0v) is 8.80. The van der Waals surface area contributed by atoms with Crippen LogP contribution in [0.1, 0.15) is 6.42 Å². The second-order valence-corrected chi connectivity index (χ2v) is 3.74. The van der Waals surface area contributed by atoms with Gasteiger partial charge in [0.25, 0.3) is 0 Å². The summed E-state index contributed by atoms with van der Waals surface area (Å²) in [4.78, 5) is 0. The second-order valence-electron chi connectivity index (χ2n) is 1.90. The summed E-state index contributed by atoms with van der Waals surface area (Å²) in [7, 11) is 2.68. The molecule has 0 aliphatic carbocycles. The highest BCUT2D eigenvalue weighted by Crippen LogP contribution is 2.23. The number of aliphatic hydroxyl groups is 2. The van der Waals surface area contributed by atoms with Gasteiger partial charge in [0.2, 0.25) is 0 Å². The fourth-order valence-corrected chi connectivity index (χ4v) is 2.25. The van der Waals surface area contributed by atoms with E-state index in [1.54, 1.807) is 9.12 Å². The summed E-state index contributed by atoms with van der Waals surface area (Å²) in [6.45, 7) is 1.88. The Bertz CT molecular complexity index is 86.0. The summed E-state index contributed by atoms with van der Waals surface area (Å²) in [5.74, 6) is 0. The molecule has 0 radical (unpaired) electrons. The zero-order valence-electron chi connectivity index (χ0n) is 5.83. The van der Waals surface area contributed by atoms with E-state index >= 15 is 0 Å². The third-order valence-electron chi connectivity index (χ3n) is 1.22. The lowest BCUT2D eigenvalue weighted by Crippen LogP contribution is -2.12. The van der Waals surface area contributed by atoms with Gasteiger partial charge in [-0.2, -0.15) is 0 Å². The molecule has 1 aliphatic heterocycles. The molecule has 1 rings (SSSR count). The number of aliphatic hydroxyl groups excluding tert-OH is 2. The maximum absolute atomic E-state index is 8.97. The molecule has 0 aromatic carbocycles. The van der Waals surface area contributed by atoms with Crippen molar-refractivity contribution < 1.29 is 10.2 Å². The molecule has 0 saturated carbocycles. The van der Waals surface area contributed by atoms with Gasteiger partial charge in [0.15, 0.2) is 0 Å². The van der Waals surface area contributed by atoms with E-state index in [1.165, 1.54) is 0 Å². The van der Waals surface area contributed by atoms with Crippen LogP contribution in [0.25, 0.3) is 0 Å². The van der Waals surface area contributed by atoms with E-state index < -0.39 is 0 Å². The van der Waals surface area contributed by atoms with Crippen LogP contribution in [0.15, 0.2) is 0 Å². The Morgan fingerprint density at radius 1 is 1.60 bits per heavy atom. The van der Waals surface area contributed by atoms with Crippen LogP contribution >= 0.6 is 30.3 Å². The molecule has 1 unspecified atom stereocenters. The summed E-state index contributed by atoms with van der Waals surface area (Å²) in [6.07, 6.45) is 0.869. The van der Waals surface area contributed by atoms with Crippen LogP contribution in [0.5, 0.6) is 0 Å². The molecule has 10 heavy (non-hydrogen) atoms. The maximum atomic E-state index is 8.97. The lowest BCUT2D eigenvalue weighted by molar-refractivity contribution is 0.191. The van der Waals surface area contributed by atoms with Gasteiger partial charge in [-0.15, -0.1) is 0 Å². The van der Waals surface area contributed by atoms with Gasteiger partial charge < -0.3 is 10.2 Å². The van der Waals surface area contributed by atoms with Crippen molar-refractivity contribution in [3.8, 4) is 0 Å². The first-order valence-electron chi connectivity index (χ1n) is 2.99. The Morgan fingerprint density at radius 2 is 2.20 bits per heavy atom. The van der Waals surface area contributed by atoms with Crippen LogP contribution in [0.4, 0.5) is 0 Å². The lowest BCUT2D eigenvalue weighted by atomic mass is 10.3. The van der Waals surface area contributed by atoms with Gasteiger partial charge in [-0.3, -0.25) is 0 Å². The molecule has 2 N–H and O–H groups in total. The summed E-state index contributed by atoms with van der Waals surface area (Å²) in [5, 5.41) is 16.0. The minimum absolute atomic E-state index is 0.0720. The van der Waals surface area contributed by atoms with Crippen LogP contribution in [-0.4, -0.2) is 40.8 Å². The average Bonchev–Trinajstić information content (AvgIpc) is 2.40. The normalized spacial score (nSPS) is 25.8. The van der Waals surface area contributed by atoms with E-state index in [-0.39, 0.29) is 6.10 Å². The first-order valence-corrected chi connectivity index (χ1v) is 6.31. The summed E-state index contributed by atoms with van der Waals surface area (Å²) in [6, 6.07) is 0. The van der Waals surface area contributed by atoms with Gasteiger partial charge in [0.05, 0.1) is 6.10 Å². The van der Waals surface area contributed by atoms with Crippen molar-refractivity contribution >= 4 is 30.3 Å².